The van der Waals surface area contributed by atoms with Crippen LogP contribution in [0.3, 0.4) is 0 Å². The van der Waals surface area contributed by atoms with Crippen LogP contribution in [0, 0.1) is 6.92 Å². The van der Waals surface area contributed by atoms with Gasteiger partial charge >= 0.3 is 6.18 Å². The number of amides is 1. The first-order valence-electron chi connectivity index (χ1n) is 8.33. The van der Waals surface area contributed by atoms with E-state index in [1.807, 2.05) is 31.2 Å². The van der Waals surface area contributed by atoms with Crippen molar-refractivity contribution < 1.29 is 18.0 Å². The van der Waals surface area contributed by atoms with Crippen LogP contribution in [0.5, 0.6) is 0 Å². The average Bonchev–Trinajstić information content (AvgIpc) is 2.64. The Labute approximate surface area is 158 Å². The van der Waals surface area contributed by atoms with E-state index in [-0.39, 0.29) is 12.2 Å². The molecule has 28 heavy (non-hydrogen) atoms. The number of hydrogen-bond donors (Lipinski definition) is 1. The summed E-state index contributed by atoms with van der Waals surface area (Å²) in [7, 11) is 0. The highest BCUT2D eigenvalue weighted by Gasteiger charge is 2.29. The second-order valence-electron chi connectivity index (χ2n) is 6.23. The van der Waals surface area contributed by atoms with Gasteiger partial charge in [0.15, 0.2) is 0 Å². The number of anilines is 1. The first-order chi connectivity index (χ1) is 13.2. The molecule has 0 saturated carbocycles. The molecule has 5 nitrogen and oxygen atoms in total. The van der Waals surface area contributed by atoms with E-state index < -0.39 is 23.2 Å². The summed E-state index contributed by atoms with van der Waals surface area (Å²) in [5.41, 5.74) is 1.34. The molecule has 1 amide bonds. The summed E-state index contributed by atoms with van der Waals surface area (Å²) in [5, 5.41) is 2.46. The van der Waals surface area contributed by atoms with Crippen molar-refractivity contribution in [3.05, 3.63) is 82.4 Å². The number of carbonyl (C=O) groups is 1. The van der Waals surface area contributed by atoms with Crippen molar-refractivity contribution >= 4 is 11.6 Å². The molecular formula is C20H16F3N3O2. The minimum atomic E-state index is -4.44. The van der Waals surface area contributed by atoms with Crippen molar-refractivity contribution in [2.45, 2.75) is 19.6 Å². The minimum absolute atomic E-state index is 0.204. The highest BCUT2D eigenvalue weighted by molar-refractivity contribution is 5.90. The average molecular weight is 387 g/mol. The number of halogens is 3. The van der Waals surface area contributed by atoms with E-state index in [9.17, 15) is 22.8 Å². The topological polar surface area (TPSA) is 64.0 Å². The van der Waals surface area contributed by atoms with Gasteiger partial charge in [-0.3, -0.25) is 14.2 Å². The Morgan fingerprint density at radius 1 is 1.07 bits per heavy atom. The Balaban J connectivity index is 1.69. The van der Waals surface area contributed by atoms with Crippen LogP contribution in [0.1, 0.15) is 11.1 Å². The Bertz CT molecular complexity index is 1040. The molecule has 0 bridgehead atoms. The fourth-order valence-electron chi connectivity index (χ4n) is 2.52. The van der Waals surface area contributed by atoms with Gasteiger partial charge < -0.3 is 5.32 Å². The standard InChI is InChI=1S/C20H16F3N3O2/c1-13-2-4-14(5-3-13)17-10-19(28)26(12-24-17)11-18(27)25-16-8-6-15(7-9-16)20(21,22)23/h2-10,12H,11H2,1H3,(H,25,27). The van der Waals surface area contributed by atoms with Crippen molar-refractivity contribution in [3.63, 3.8) is 0 Å². The molecule has 0 aliphatic heterocycles. The molecule has 0 atom stereocenters. The summed E-state index contributed by atoms with van der Waals surface area (Å²) in [5.74, 6) is -0.549. The highest BCUT2D eigenvalue weighted by Crippen LogP contribution is 2.29. The second-order valence-corrected chi connectivity index (χ2v) is 6.23. The lowest BCUT2D eigenvalue weighted by Crippen LogP contribution is -2.27. The van der Waals surface area contributed by atoms with Crippen LogP contribution in [0.25, 0.3) is 11.3 Å². The van der Waals surface area contributed by atoms with Crippen LogP contribution >= 0.6 is 0 Å². The van der Waals surface area contributed by atoms with E-state index in [4.69, 9.17) is 0 Å². The van der Waals surface area contributed by atoms with Gasteiger partial charge in [0.2, 0.25) is 5.91 Å². The molecule has 0 aliphatic carbocycles. The number of nitrogens with one attached hydrogen (secondary N) is 1. The van der Waals surface area contributed by atoms with E-state index >= 15 is 0 Å². The summed E-state index contributed by atoms with van der Waals surface area (Å²) >= 11 is 0. The maximum atomic E-state index is 12.6. The van der Waals surface area contributed by atoms with Gasteiger partial charge in [-0.1, -0.05) is 29.8 Å². The smallest absolute Gasteiger partial charge is 0.325 e. The summed E-state index contributed by atoms with van der Waals surface area (Å²) in [6, 6.07) is 12.9. The summed E-state index contributed by atoms with van der Waals surface area (Å²) in [4.78, 5) is 28.5. The van der Waals surface area contributed by atoms with Gasteiger partial charge in [-0.05, 0) is 31.2 Å². The van der Waals surface area contributed by atoms with Crippen LogP contribution in [-0.4, -0.2) is 15.5 Å². The van der Waals surface area contributed by atoms with Gasteiger partial charge in [0.25, 0.3) is 5.56 Å². The lowest BCUT2D eigenvalue weighted by atomic mass is 10.1. The predicted molar refractivity (Wildman–Crippen MR) is 98.7 cm³/mol. The van der Waals surface area contributed by atoms with Crippen LogP contribution in [-0.2, 0) is 17.5 Å². The first kappa shape index (κ1) is 19.3. The third kappa shape index (κ3) is 4.64. The number of benzene rings is 2. The molecule has 1 aromatic heterocycles. The lowest BCUT2D eigenvalue weighted by Gasteiger charge is -2.10. The van der Waals surface area contributed by atoms with E-state index in [0.717, 1.165) is 40.0 Å². The minimum Gasteiger partial charge on any atom is -0.325 e. The summed E-state index contributed by atoms with van der Waals surface area (Å²) in [6.07, 6.45) is -3.18. The molecule has 0 fully saturated rings. The zero-order valence-electron chi connectivity index (χ0n) is 14.8. The van der Waals surface area contributed by atoms with Gasteiger partial charge in [-0.15, -0.1) is 0 Å². The fourth-order valence-corrected chi connectivity index (χ4v) is 2.52. The molecule has 0 unspecified atom stereocenters. The quantitative estimate of drug-likeness (QED) is 0.739. The molecule has 8 heteroatoms. The SMILES string of the molecule is Cc1ccc(-c2cc(=O)n(CC(=O)Nc3ccc(C(F)(F)F)cc3)cn2)cc1. The molecule has 1 N–H and O–H groups in total. The summed E-state index contributed by atoms with van der Waals surface area (Å²) in [6.45, 7) is 1.64. The molecule has 0 spiro atoms. The molecule has 0 saturated heterocycles. The number of hydrogen-bond acceptors (Lipinski definition) is 3. The Hall–Kier alpha value is -3.42. The Kier molecular flexibility index (Phi) is 5.30. The number of carbonyl (C=O) groups excluding carboxylic acids is 1. The van der Waals surface area contributed by atoms with Gasteiger partial charge in [0.1, 0.15) is 6.54 Å². The third-order valence-electron chi connectivity index (χ3n) is 4.04. The van der Waals surface area contributed by atoms with Crippen LogP contribution in [0.4, 0.5) is 18.9 Å². The number of nitrogens with zero attached hydrogens (tertiary/aromatic N) is 2. The van der Waals surface area contributed by atoms with E-state index in [2.05, 4.69) is 10.3 Å². The molecule has 0 aliphatic rings. The lowest BCUT2D eigenvalue weighted by molar-refractivity contribution is -0.137. The fraction of sp³-hybridized carbons (Fsp3) is 0.150. The van der Waals surface area contributed by atoms with Crippen molar-refractivity contribution in [2.24, 2.45) is 0 Å². The van der Waals surface area contributed by atoms with Crippen molar-refractivity contribution in [3.8, 4) is 11.3 Å². The molecule has 3 rings (SSSR count). The largest absolute Gasteiger partial charge is 0.416 e. The van der Waals surface area contributed by atoms with Gasteiger partial charge in [-0.2, -0.15) is 13.2 Å². The molecule has 1 heterocycles. The van der Waals surface area contributed by atoms with Crippen LogP contribution < -0.4 is 10.9 Å². The van der Waals surface area contributed by atoms with Crippen LogP contribution in [0.15, 0.2) is 65.7 Å². The molecule has 144 valence electrons. The predicted octanol–water partition coefficient (Wildman–Crippen LogP) is 3.88. The Morgan fingerprint density at radius 2 is 1.71 bits per heavy atom. The van der Waals surface area contributed by atoms with Crippen molar-refractivity contribution in [2.75, 3.05) is 5.32 Å². The molecule has 0 radical (unpaired) electrons. The monoisotopic (exact) mass is 387 g/mol. The van der Waals surface area contributed by atoms with E-state index in [0.29, 0.717) is 5.69 Å². The number of aryl methyl sites for hydroxylation is 1. The van der Waals surface area contributed by atoms with Crippen molar-refractivity contribution in [1.82, 2.24) is 9.55 Å². The van der Waals surface area contributed by atoms with Crippen LogP contribution in [0.2, 0.25) is 0 Å². The van der Waals surface area contributed by atoms with E-state index in [1.165, 1.54) is 12.4 Å². The molecule has 3 aromatic rings. The van der Waals surface area contributed by atoms with Gasteiger partial charge in [0, 0.05) is 17.3 Å². The zero-order chi connectivity index (χ0) is 20.3. The zero-order valence-corrected chi connectivity index (χ0v) is 14.8. The van der Waals surface area contributed by atoms with E-state index in [1.54, 1.807) is 0 Å². The highest BCUT2D eigenvalue weighted by atomic mass is 19.4. The third-order valence-corrected chi connectivity index (χ3v) is 4.04. The maximum Gasteiger partial charge on any atom is 0.416 e. The number of rotatable bonds is 4. The molecular weight excluding hydrogens is 371 g/mol. The molecule has 2 aromatic carbocycles. The maximum absolute atomic E-state index is 12.6. The van der Waals surface area contributed by atoms with Crippen molar-refractivity contribution in [1.29, 1.82) is 0 Å². The summed E-state index contributed by atoms with van der Waals surface area (Å²) < 4.78 is 38.8. The number of alkyl halides is 3. The Morgan fingerprint density at radius 3 is 2.29 bits per heavy atom. The normalized spacial score (nSPS) is 11.3. The number of aromatic nitrogens is 2. The van der Waals surface area contributed by atoms with Gasteiger partial charge in [-0.25, -0.2) is 4.98 Å². The second kappa shape index (κ2) is 7.67. The van der Waals surface area contributed by atoms with Gasteiger partial charge in [0.05, 0.1) is 17.6 Å². The first-order valence-corrected chi connectivity index (χ1v) is 8.33.